The summed E-state index contributed by atoms with van der Waals surface area (Å²) in [5, 5.41) is 0. The van der Waals surface area contributed by atoms with E-state index in [0.717, 1.165) is 23.5 Å². The molecule has 1 unspecified atom stereocenters. The van der Waals surface area contributed by atoms with Crippen molar-refractivity contribution in [1.29, 1.82) is 0 Å². The molecule has 1 atom stereocenters. The molecule has 1 aromatic rings. The molecule has 1 heterocycles. The standard InChI is InChI=1S/C25H34F3N3O4.CH4/c1-29(2)13-11-20-19(15-35-16-32)22(17-7-9-18(10-8-17)25(26,27)28)23(24(33)34-6)21(31(20)5)12-14-30(3)4;/h7-10,16,22H,11-15H2,1-6H3;1H4. The van der Waals surface area contributed by atoms with Gasteiger partial charge in [-0.2, -0.15) is 13.2 Å². The van der Waals surface area contributed by atoms with Crippen LogP contribution in [0.4, 0.5) is 13.2 Å². The van der Waals surface area contributed by atoms with E-state index in [1.165, 1.54) is 19.2 Å². The molecule has 1 aromatic carbocycles. The summed E-state index contributed by atoms with van der Waals surface area (Å²) in [6.45, 7) is 1.53. The first-order chi connectivity index (χ1) is 16.4. The summed E-state index contributed by atoms with van der Waals surface area (Å²) in [4.78, 5) is 30.2. The van der Waals surface area contributed by atoms with Crippen LogP contribution < -0.4 is 0 Å². The van der Waals surface area contributed by atoms with E-state index < -0.39 is 23.6 Å². The van der Waals surface area contributed by atoms with Crippen LogP contribution in [-0.2, 0) is 25.2 Å². The number of halogens is 3. The van der Waals surface area contributed by atoms with Crippen molar-refractivity contribution in [2.24, 2.45) is 0 Å². The molecule has 0 radical (unpaired) electrons. The van der Waals surface area contributed by atoms with Gasteiger partial charge >= 0.3 is 12.1 Å². The van der Waals surface area contributed by atoms with Gasteiger partial charge in [-0.25, -0.2) is 4.79 Å². The normalized spacial score (nSPS) is 16.4. The Morgan fingerprint density at radius 2 is 1.56 bits per heavy atom. The van der Waals surface area contributed by atoms with Crippen molar-refractivity contribution >= 4 is 12.4 Å². The molecule has 1 aliphatic rings. The molecule has 0 spiro atoms. The van der Waals surface area contributed by atoms with Crippen molar-refractivity contribution in [1.82, 2.24) is 14.7 Å². The van der Waals surface area contributed by atoms with E-state index in [9.17, 15) is 22.8 Å². The minimum atomic E-state index is -4.49. The third-order valence-electron chi connectivity index (χ3n) is 6.00. The van der Waals surface area contributed by atoms with Crippen molar-refractivity contribution in [2.75, 3.05) is 62.0 Å². The number of esters is 1. The highest BCUT2D eigenvalue weighted by molar-refractivity contribution is 5.92. The maximum absolute atomic E-state index is 13.2. The number of rotatable bonds is 11. The van der Waals surface area contributed by atoms with E-state index in [0.29, 0.717) is 49.1 Å². The quantitative estimate of drug-likeness (QED) is 0.326. The van der Waals surface area contributed by atoms with Gasteiger partial charge in [0, 0.05) is 50.3 Å². The number of methoxy groups -OCH3 is 1. The SMILES string of the molecule is C.COC(=O)C1=C(CCN(C)C)N(C)C(CCN(C)C)=C(COC=O)C1c1ccc(C(F)(F)F)cc1. The number of nitrogens with zero attached hydrogens (tertiary/aromatic N) is 3. The molecule has 0 aromatic heterocycles. The fraction of sp³-hybridized carbons (Fsp3) is 0.538. The van der Waals surface area contributed by atoms with Crippen LogP contribution in [0.1, 0.15) is 37.3 Å². The van der Waals surface area contributed by atoms with Crippen LogP contribution in [0.2, 0.25) is 0 Å². The van der Waals surface area contributed by atoms with Crippen molar-refractivity contribution in [3.05, 3.63) is 57.9 Å². The lowest BCUT2D eigenvalue weighted by Gasteiger charge is -2.39. The Morgan fingerprint density at radius 1 is 1.03 bits per heavy atom. The van der Waals surface area contributed by atoms with Crippen LogP contribution in [0.15, 0.2) is 46.8 Å². The number of carbonyl (C=O) groups excluding carboxylic acids is 2. The lowest BCUT2D eigenvalue weighted by Crippen LogP contribution is -2.35. The van der Waals surface area contributed by atoms with Gasteiger partial charge < -0.3 is 24.2 Å². The molecule has 0 fully saturated rings. The van der Waals surface area contributed by atoms with E-state index in [1.807, 2.05) is 49.9 Å². The highest BCUT2D eigenvalue weighted by Gasteiger charge is 2.39. The fourth-order valence-corrected chi connectivity index (χ4v) is 4.22. The molecule has 0 saturated carbocycles. The molecule has 0 aliphatic carbocycles. The Morgan fingerprint density at radius 3 is 2.00 bits per heavy atom. The summed E-state index contributed by atoms with van der Waals surface area (Å²) < 4.78 is 49.9. The van der Waals surface area contributed by atoms with Gasteiger partial charge in [0.05, 0.1) is 18.2 Å². The first-order valence-corrected chi connectivity index (χ1v) is 11.2. The van der Waals surface area contributed by atoms with Crippen LogP contribution >= 0.6 is 0 Å². The summed E-state index contributed by atoms with van der Waals surface area (Å²) in [5.41, 5.74) is 2.24. The van der Waals surface area contributed by atoms with Crippen molar-refractivity contribution < 1.29 is 32.2 Å². The number of ether oxygens (including phenoxy) is 2. The molecule has 10 heteroatoms. The molecular weight excluding hydrogens is 475 g/mol. The van der Waals surface area contributed by atoms with E-state index >= 15 is 0 Å². The second-order valence-electron chi connectivity index (χ2n) is 8.95. The number of alkyl halides is 3. The van der Waals surface area contributed by atoms with Gasteiger partial charge in [0.1, 0.15) is 6.61 Å². The topological polar surface area (TPSA) is 62.3 Å². The predicted molar refractivity (Wildman–Crippen MR) is 133 cm³/mol. The van der Waals surface area contributed by atoms with Gasteiger partial charge in [-0.15, -0.1) is 0 Å². The van der Waals surface area contributed by atoms with Gasteiger partial charge in [-0.05, 0) is 51.5 Å². The van der Waals surface area contributed by atoms with Gasteiger partial charge in [0.25, 0.3) is 6.47 Å². The van der Waals surface area contributed by atoms with E-state index in [-0.39, 0.29) is 14.0 Å². The third kappa shape index (κ3) is 7.57. The summed E-state index contributed by atoms with van der Waals surface area (Å²) in [7, 11) is 10.8. The second kappa shape index (κ2) is 13.5. The van der Waals surface area contributed by atoms with E-state index in [4.69, 9.17) is 9.47 Å². The molecule has 0 amide bonds. The van der Waals surface area contributed by atoms with Crippen molar-refractivity contribution in [2.45, 2.75) is 32.4 Å². The number of hydrogen-bond donors (Lipinski definition) is 0. The number of benzene rings is 1. The summed E-state index contributed by atoms with van der Waals surface area (Å²) in [6.07, 6.45) is -3.39. The van der Waals surface area contributed by atoms with Crippen LogP contribution in [-0.4, -0.2) is 89.2 Å². The second-order valence-corrected chi connectivity index (χ2v) is 8.95. The van der Waals surface area contributed by atoms with Crippen molar-refractivity contribution in [3.63, 3.8) is 0 Å². The molecule has 202 valence electrons. The molecule has 0 N–H and O–H groups in total. The Hall–Kier alpha value is -2.85. The highest BCUT2D eigenvalue weighted by Crippen LogP contribution is 2.44. The molecule has 0 bridgehead atoms. The fourth-order valence-electron chi connectivity index (χ4n) is 4.22. The number of hydrogen-bond acceptors (Lipinski definition) is 7. The maximum atomic E-state index is 13.2. The third-order valence-corrected chi connectivity index (χ3v) is 6.00. The van der Waals surface area contributed by atoms with E-state index in [2.05, 4.69) is 0 Å². The van der Waals surface area contributed by atoms with Gasteiger partial charge in [-0.3, -0.25) is 4.79 Å². The van der Waals surface area contributed by atoms with Crippen LogP contribution in [0.5, 0.6) is 0 Å². The summed E-state index contributed by atoms with van der Waals surface area (Å²) in [6, 6.07) is 4.74. The summed E-state index contributed by atoms with van der Waals surface area (Å²) >= 11 is 0. The molecule has 36 heavy (non-hydrogen) atoms. The molecule has 0 saturated heterocycles. The Kier molecular flexibility index (Phi) is 11.7. The monoisotopic (exact) mass is 513 g/mol. The first-order valence-electron chi connectivity index (χ1n) is 11.2. The number of carbonyl (C=O) groups is 2. The van der Waals surface area contributed by atoms with Crippen LogP contribution in [0.3, 0.4) is 0 Å². The average Bonchev–Trinajstić information content (AvgIpc) is 2.79. The smallest absolute Gasteiger partial charge is 0.416 e. The lowest BCUT2D eigenvalue weighted by molar-refractivity contribution is -0.138. The highest BCUT2D eigenvalue weighted by atomic mass is 19.4. The zero-order valence-corrected chi connectivity index (χ0v) is 21.1. The Labute approximate surface area is 212 Å². The molecule has 2 rings (SSSR count). The first kappa shape index (κ1) is 31.2. The van der Waals surface area contributed by atoms with E-state index in [1.54, 1.807) is 0 Å². The maximum Gasteiger partial charge on any atom is 0.416 e. The summed E-state index contributed by atoms with van der Waals surface area (Å²) in [5.74, 6) is -1.30. The molecule has 1 aliphatic heterocycles. The largest absolute Gasteiger partial charge is 0.466 e. The molecule has 7 nitrogen and oxygen atoms in total. The minimum Gasteiger partial charge on any atom is -0.466 e. The molecular formula is C26H38F3N3O4. The Bertz CT molecular complexity index is 954. The van der Waals surface area contributed by atoms with Crippen molar-refractivity contribution in [3.8, 4) is 0 Å². The van der Waals surface area contributed by atoms with Crippen LogP contribution in [0.25, 0.3) is 0 Å². The van der Waals surface area contributed by atoms with Gasteiger partial charge in [0.2, 0.25) is 0 Å². The lowest BCUT2D eigenvalue weighted by atomic mass is 9.78. The van der Waals surface area contributed by atoms with Gasteiger partial charge in [-0.1, -0.05) is 19.6 Å². The Balaban J connectivity index is 0.00000648. The average molecular weight is 514 g/mol. The zero-order valence-electron chi connectivity index (χ0n) is 21.1. The van der Waals surface area contributed by atoms with Crippen LogP contribution in [0, 0.1) is 0 Å². The zero-order chi connectivity index (χ0) is 26.3. The minimum absolute atomic E-state index is 0. The van der Waals surface area contributed by atoms with Gasteiger partial charge in [0.15, 0.2) is 0 Å². The predicted octanol–water partition coefficient (Wildman–Crippen LogP) is 4.13.